The second kappa shape index (κ2) is 5.57. The van der Waals surface area contributed by atoms with Crippen LogP contribution in [0.15, 0.2) is 54.2 Å². The van der Waals surface area contributed by atoms with Gasteiger partial charge in [-0.15, -0.1) is 0 Å². The van der Waals surface area contributed by atoms with Crippen LogP contribution in [0.5, 0.6) is 5.75 Å². The summed E-state index contributed by atoms with van der Waals surface area (Å²) in [5, 5.41) is 9.50. The van der Waals surface area contributed by atoms with Crippen LogP contribution in [0.1, 0.15) is 11.3 Å². The molecule has 0 saturated carbocycles. The van der Waals surface area contributed by atoms with Gasteiger partial charge in [0, 0.05) is 17.3 Å². The fourth-order valence-corrected chi connectivity index (χ4v) is 2.54. The van der Waals surface area contributed by atoms with E-state index in [1.807, 2.05) is 6.07 Å². The zero-order chi connectivity index (χ0) is 15.6. The van der Waals surface area contributed by atoms with E-state index in [1.165, 1.54) is 0 Å². The minimum atomic E-state index is -1.91. The molecule has 1 aromatic carbocycles. The molecule has 0 fully saturated rings. The van der Waals surface area contributed by atoms with Crippen molar-refractivity contribution in [1.82, 2.24) is 4.98 Å². The molecule has 0 N–H and O–H groups in total. The molecule has 1 aliphatic heterocycles. The average Bonchev–Trinajstić information content (AvgIpc) is 2.60. The number of pyridine rings is 1. The highest BCUT2D eigenvalue weighted by atomic mass is 19.1. The van der Waals surface area contributed by atoms with Gasteiger partial charge in [-0.25, -0.2) is 8.78 Å². The van der Waals surface area contributed by atoms with Crippen LogP contribution in [-0.2, 0) is 0 Å². The number of halogens is 2. The number of fused-ring (bicyclic) bond motifs is 1. The first-order valence-corrected chi connectivity index (χ1v) is 6.72. The normalized spacial score (nSPS) is 15.7. The van der Waals surface area contributed by atoms with Gasteiger partial charge in [-0.05, 0) is 18.2 Å². The monoisotopic (exact) mass is 298 g/mol. The number of benzene rings is 1. The van der Waals surface area contributed by atoms with Crippen molar-refractivity contribution in [2.75, 3.05) is 13.3 Å². The van der Waals surface area contributed by atoms with Crippen LogP contribution in [0.25, 0.3) is 5.57 Å². The summed E-state index contributed by atoms with van der Waals surface area (Å²) in [5.41, 5.74) is -0.470. The molecule has 0 atom stereocenters. The maximum atomic E-state index is 13.6. The number of aromatic nitrogens is 1. The molecular weight excluding hydrogens is 286 g/mol. The molecule has 3 rings (SSSR count). The maximum absolute atomic E-state index is 13.6. The van der Waals surface area contributed by atoms with Crippen LogP contribution < -0.4 is 4.74 Å². The number of para-hydroxylation sites is 1. The van der Waals surface area contributed by atoms with Gasteiger partial charge in [0.25, 0.3) is 0 Å². The average molecular weight is 298 g/mol. The van der Waals surface area contributed by atoms with E-state index in [0.717, 1.165) is 0 Å². The third kappa shape index (κ3) is 2.04. The highest BCUT2D eigenvalue weighted by molar-refractivity contribution is 5.88. The van der Waals surface area contributed by atoms with Gasteiger partial charge in [-0.2, -0.15) is 5.26 Å². The third-order valence-electron chi connectivity index (χ3n) is 3.63. The molecular formula is C17H12F2N2O. The summed E-state index contributed by atoms with van der Waals surface area (Å²) in [6, 6.07) is 14.0. The minimum Gasteiger partial charge on any atom is -0.476 e. The van der Waals surface area contributed by atoms with Gasteiger partial charge < -0.3 is 4.74 Å². The summed E-state index contributed by atoms with van der Waals surface area (Å²) in [5.74, 6) is 0.345. The van der Waals surface area contributed by atoms with Crippen molar-refractivity contribution >= 4 is 5.57 Å². The number of rotatable bonds is 3. The molecule has 1 aromatic heterocycles. The predicted octanol–water partition coefficient (Wildman–Crippen LogP) is 3.48. The van der Waals surface area contributed by atoms with Crippen molar-refractivity contribution in [3.05, 3.63) is 65.5 Å². The van der Waals surface area contributed by atoms with Crippen LogP contribution in [-0.4, -0.2) is 23.9 Å². The second-order valence-electron chi connectivity index (χ2n) is 4.94. The van der Waals surface area contributed by atoms with Crippen LogP contribution in [0.2, 0.25) is 0 Å². The Bertz CT molecular complexity index is 762. The molecule has 2 heterocycles. The minimum absolute atomic E-state index is 0.0742. The van der Waals surface area contributed by atoms with Crippen molar-refractivity contribution in [3.8, 4) is 11.8 Å². The lowest BCUT2D eigenvalue weighted by atomic mass is 9.84. The predicted molar refractivity (Wildman–Crippen MR) is 77.6 cm³/mol. The van der Waals surface area contributed by atoms with Gasteiger partial charge >= 0.3 is 0 Å². The molecule has 0 bridgehead atoms. The molecule has 2 aromatic rings. The standard InChI is InChI=1S/C17H12F2N2O/c18-10-17(11-19)13(9-20)16(14-6-3-4-8-21-14)12-5-1-2-7-15(12)22-17/h1-8H,10-11H2. The SMILES string of the molecule is N#CC1=C(c2ccccn2)c2ccccc2OC1(CF)CF. The van der Waals surface area contributed by atoms with Crippen molar-refractivity contribution in [1.29, 1.82) is 5.26 Å². The van der Waals surface area contributed by atoms with Gasteiger partial charge in [0.15, 0.2) is 0 Å². The molecule has 110 valence electrons. The Morgan fingerprint density at radius 1 is 1.09 bits per heavy atom. The molecule has 0 spiro atoms. The van der Waals surface area contributed by atoms with Gasteiger partial charge in [0.1, 0.15) is 19.1 Å². The fraction of sp³-hybridized carbons (Fsp3) is 0.176. The van der Waals surface area contributed by atoms with E-state index < -0.39 is 19.0 Å². The van der Waals surface area contributed by atoms with Gasteiger partial charge in [0.2, 0.25) is 5.60 Å². The zero-order valence-corrected chi connectivity index (χ0v) is 11.6. The summed E-state index contributed by atoms with van der Waals surface area (Å²) in [6.07, 6.45) is 1.57. The molecule has 0 aliphatic carbocycles. The van der Waals surface area contributed by atoms with Crippen molar-refractivity contribution < 1.29 is 13.5 Å². The highest BCUT2D eigenvalue weighted by Gasteiger charge is 2.44. The molecule has 0 unspecified atom stereocenters. The Hall–Kier alpha value is -2.74. The Kier molecular flexibility index (Phi) is 3.60. The first kappa shape index (κ1) is 14.2. The number of hydrogen-bond donors (Lipinski definition) is 0. The summed E-state index contributed by atoms with van der Waals surface area (Å²) in [6.45, 7) is -2.26. The summed E-state index contributed by atoms with van der Waals surface area (Å²) < 4.78 is 32.7. The van der Waals surface area contributed by atoms with Crippen LogP contribution in [0.4, 0.5) is 8.78 Å². The number of alkyl halides is 2. The van der Waals surface area contributed by atoms with Crippen LogP contribution in [0.3, 0.4) is 0 Å². The smallest absolute Gasteiger partial charge is 0.201 e. The number of ether oxygens (including phenoxy) is 1. The lowest BCUT2D eigenvalue weighted by Gasteiger charge is -2.35. The number of nitrogens with zero attached hydrogens (tertiary/aromatic N) is 2. The first-order chi connectivity index (χ1) is 10.8. The molecule has 0 saturated heterocycles. The maximum Gasteiger partial charge on any atom is 0.201 e. The topological polar surface area (TPSA) is 45.9 Å². The summed E-state index contributed by atoms with van der Waals surface area (Å²) in [4.78, 5) is 4.22. The summed E-state index contributed by atoms with van der Waals surface area (Å²) in [7, 11) is 0. The Morgan fingerprint density at radius 3 is 2.45 bits per heavy atom. The van der Waals surface area contributed by atoms with Crippen LogP contribution in [0, 0.1) is 11.3 Å². The van der Waals surface area contributed by atoms with Gasteiger partial charge in [-0.3, -0.25) is 4.98 Å². The van der Waals surface area contributed by atoms with Crippen molar-refractivity contribution in [3.63, 3.8) is 0 Å². The zero-order valence-electron chi connectivity index (χ0n) is 11.6. The third-order valence-corrected chi connectivity index (χ3v) is 3.63. The second-order valence-corrected chi connectivity index (χ2v) is 4.94. The van der Waals surface area contributed by atoms with E-state index in [1.54, 1.807) is 48.7 Å². The number of nitriles is 1. The molecule has 0 radical (unpaired) electrons. The van der Waals surface area contributed by atoms with E-state index in [9.17, 15) is 14.0 Å². The van der Waals surface area contributed by atoms with E-state index in [2.05, 4.69) is 4.98 Å². The lowest BCUT2D eigenvalue weighted by molar-refractivity contribution is 0.0523. The molecule has 3 nitrogen and oxygen atoms in total. The van der Waals surface area contributed by atoms with E-state index >= 15 is 0 Å². The molecule has 5 heteroatoms. The lowest BCUT2D eigenvalue weighted by Crippen LogP contribution is -2.45. The first-order valence-electron chi connectivity index (χ1n) is 6.72. The van der Waals surface area contributed by atoms with Crippen molar-refractivity contribution in [2.24, 2.45) is 0 Å². The summed E-state index contributed by atoms with van der Waals surface area (Å²) >= 11 is 0. The Morgan fingerprint density at radius 2 is 1.82 bits per heavy atom. The van der Waals surface area contributed by atoms with Gasteiger partial charge in [-0.1, -0.05) is 24.3 Å². The molecule has 1 aliphatic rings. The van der Waals surface area contributed by atoms with Crippen molar-refractivity contribution in [2.45, 2.75) is 5.60 Å². The number of hydrogen-bond acceptors (Lipinski definition) is 3. The van der Waals surface area contributed by atoms with Gasteiger partial charge in [0.05, 0.1) is 17.3 Å². The van der Waals surface area contributed by atoms with Crippen LogP contribution >= 0.6 is 0 Å². The van der Waals surface area contributed by atoms with E-state index in [4.69, 9.17) is 4.74 Å². The largest absolute Gasteiger partial charge is 0.476 e. The van der Waals surface area contributed by atoms with E-state index in [-0.39, 0.29) is 5.57 Å². The fourth-order valence-electron chi connectivity index (χ4n) is 2.54. The highest BCUT2D eigenvalue weighted by Crippen LogP contribution is 2.43. The molecule has 0 amide bonds. The Balaban J connectivity index is 2.36. The molecule has 22 heavy (non-hydrogen) atoms. The van der Waals surface area contributed by atoms with E-state index in [0.29, 0.717) is 22.6 Å². The Labute approximate surface area is 126 Å². The quantitative estimate of drug-likeness (QED) is 0.871.